The quantitative estimate of drug-likeness (QED) is 0.574. The third-order valence-electron chi connectivity index (χ3n) is 5.32. The normalized spacial score (nSPS) is 14.3. The predicted molar refractivity (Wildman–Crippen MR) is 114 cm³/mol. The Hall–Kier alpha value is -3.76. The van der Waals surface area contributed by atoms with Crippen molar-refractivity contribution in [3.8, 4) is 17.2 Å². The number of fused-ring (bicyclic) bond motifs is 1. The number of piperazine rings is 1. The van der Waals surface area contributed by atoms with Gasteiger partial charge in [-0.05, 0) is 30.3 Å². The van der Waals surface area contributed by atoms with Crippen molar-refractivity contribution in [1.82, 2.24) is 14.9 Å². The van der Waals surface area contributed by atoms with Crippen molar-refractivity contribution in [2.24, 2.45) is 0 Å². The zero-order valence-electron chi connectivity index (χ0n) is 17.9. The van der Waals surface area contributed by atoms with Gasteiger partial charge in [-0.25, -0.2) is 9.97 Å². The first-order chi connectivity index (χ1) is 15.8. The van der Waals surface area contributed by atoms with Gasteiger partial charge in [0.05, 0.1) is 19.7 Å². The van der Waals surface area contributed by atoms with E-state index in [-0.39, 0.29) is 11.7 Å². The molecule has 1 aliphatic heterocycles. The molecule has 0 N–H and O–H groups in total. The number of benzene rings is 2. The standard InChI is InChI=1S/C22H21F3N4O4/c1-31-18-11-16-17(12-19(18)32-2)26-13-27-20(16)28-7-9-29(10-8-28)21(30)14-3-5-15(6-4-14)33-22(23,24)25/h3-6,11-13H,7-10H2,1-2H3. The van der Waals surface area contributed by atoms with Gasteiger partial charge in [-0.3, -0.25) is 4.79 Å². The molecule has 0 radical (unpaired) electrons. The number of halogens is 3. The average Bonchev–Trinajstić information content (AvgIpc) is 2.82. The molecule has 4 rings (SSSR count). The summed E-state index contributed by atoms with van der Waals surface area (Å²) in [6.07, 6.45) is -3.30. The average molecular weight is 462 g/mol. The first-order valence-corrected chi connectivity index (χ1v) is 10.1. The molecule has 0 saturated carbocycles. The Morgan fingerprint density at radius 2 is 1.58 bits per heavy atom. The zero-order valence-corrected chi connectivity index (χ0v) is 17.9. The zero-order chi connectivity index (χ0) is 23.6. The van der Waals surface area contributed by atoms with E-state index in [0.717, 1.165) is 23.3 Å². The summed E-state index contributed by atoms with van der Waals surface area (Å²) in [4.78, 5) is 25.3. The van der Waals surface area contributed by atoms with Gasteiger partial charge in [0.15, 0.2) is 11.5 Å². The van der Waals surface area contributed by atoms with Crippen molar-refractivity contribution < 1.29 is 32.2 Å². The summed E-state index contributed by atoms with van der Waals surface area (Å²) >= 11 is 0. The van der Waals surface area contributed by atoms with Crippen LogP contribution < -0.4 is 19.1 Å². The van der Waals surface area contributed by atoms with Gasteiger partial charge in [0.25, 0.3) is 5.91 Å². The Morgan fingerprint density at radius 3 is 2.18 bits per heavy atom. The van der Waals surface area contributed by atoms with Crippen molar-refractivity contribution in [2.45, 2.75) is 6.36 Å². The van der Waals surface area contributed by atoms with E-state index in [1.165, 1.54) is 18.5 Å². The van der Waals surface area contributed by atoms with Crippen LogP contribution in [0, 0.1) is 0 Å². The topological polar surface area (TPSA) is 77.0 Å². The summed E-state index contributed by atoms with van der Waals surface area (Å²) in [5, 5.41) is 0.801. The molecule has 0 unspecified atom stereocenters. The highest BCUT2D eigenvalue weighted by Gasteiger charge is 2.31. The second kappa shape index (κ2) is 9.00. The van der Waals surface area contributed by atoms with E-state index in [1.54, 1.807) is 25.2 Å². The van der Waals surface area contributed by atoms with Gasteiger partial charge in [0, 0.05) is 43.2 Å². The SMILES string of the molecule is COc1cc2ncnc(N3CCN(C(=O)c4ccc(OC(F)(F)F)cc4)CC3)c2cc1OC. The van der Waals surface area contributed by atoms with Crippen LogP contribution in [0.5, 0.6) is 17.2 Å². The van der Waals surface area contributed by atoms with Crippen LogP contribution in [0.4, 0.5) is 19.0 Å². The Balaban J connectivity index is 1.47. The molecule has 1 saturated heterocycles. The van der Waals surface area contributed by atoms with Crippen molar-refractivity contribution in [3.63, 3.8) is 0 Å². The van der Waals surface area contributed by atoms with Crippen molar-refractivity contribution >= 4 is 22.6 Å². The van der Waals surface area contributed by atoms with Gasteiger partial charge in [0.1, 0.15) is 17.9 Å². The van der Waals surface area contributed by atoms with Crippen LogP contribution in [0.25, 0.3) is 10.9 Å². The van der Waals surface area contributed by atoms with E-state index in [1.807, 2.05) is 6.07 Å². The molecule has 0 atom stereocenters. The van der Waals surface area contributed by atoms with Crippen LogP contribution in [0.1, 0.15) is 10.4 Å². The summed E-state index contributed by atoms with van der Waals surface area (Å²) in [6, 6.07) is 8.52. The monoisotopic (exact) mass is 462 g/mol. The molecule has 1 aromatic heterocycles. The second-order valence-corrected chi connectivity index (χ2v) is 7.27. The van der Waals surface area contributed by atoms with E-state index < -0.39 is 6.36 Å². The van der Waals surface area contributed by atoms with E-state index in [4.69, 9.17) is 9.47 Å². The van der Waals surface area contributed by atoms with Crippen LogP contribution in [-0.4, -0.2) is 67.5 Å². The van der Waals surface area contributed by atoms with Gasteiger partial charge in [-0.1, -0.05) is 0 Å². The Kier molecular flexibility index (Phi) is 6.12. The molecule has 8 nitrogen and oxygen atoms in total. The lowest BCUT2D eigenvalue weighted by atomic mass is 10.1. The van der Waals surface area contributed by atoms with Crippen LogP contribution >= 0.6 is 0 Å². The number of alkyl halides is 3. The maximum absolute atomic E-state index is 12.8. The molecule has 0 bridgehead atoms. The largest absolute Gasteiger partial charge is 0.573 e. The van der Waals surface area contributed by atoms with Gasteiger partial charge < -0.3 is 24.0 Å². The Bertz CT molecular complexity index is 1150. The lowest BCUT2D eigenvalue weighted by Crippen LogP contribution is -2.49. The Morgan fingerprint density at radius 1 is 0.939 bits per heavy atom. The number of amides is 1. The smallest absolute Gasteiger partial charge is 0.493 e. The fraction of sp³-hybridized carbons (Fsp3) is 0.318. The Labute approximate surface area is 187 Å². The van der Waals surface area contributed by atoms with E-state index >= 15 is 0 Å². The van der Waals surface area contributed by atoms with Gasteiger partial charge in [0.2, 0.25) is 0 Å². The number of nitrogens with zero attached hydrogens (tertiary/aromatic N) is 4. The minimum Gasteiger partial charge on any atom is -0.493 e. The van der Waals surface area contributed by atoms with Crippen molar-refractivity contribution in [3.05, 3.63) is 48.3 Å². The molecule has 2 heterocycles. The molecular weight excluding hydrogens is 441 g/mol. The summed E-state index contributed by atoms with van der Waals surface area (Å²) in [6.45, 7) is 1.92. The van der Waals surface area contributed by atoms with E-state index in [0.29, 0.717) is 48.8 Å². The number of carbonyl (C=O) groups is 1. The number of aromatic nitrogens is 2. The van der Waals surface area contributed by atoms with Crippen LogP contribution in [-0.2, 0) is 0 Å². The summed E-state index contributed by atoms with van der Waals surface area (Å²) in [5.74, 6) is 1.23. The third-order valence-corrected chi connectivity index (χ3v) is 5.32. The number of carbonyl (C=O) groups excluding carboxylic acids is 1. The molecule has 0 aliphatic carbocycles. The number of hydrogen-bond donors (Lipinski definition) is 0. The number of rotatable bonds is 5. The minimum absolute atomic E-state index is 0.257. The number of ether oxygens (including phenoxy) is 3. The third kappa shape index (κ3) is 4.86. The molecule has 11 heteroatoms. The molecule has 1 fully saturated rings. The van der Waals surface area contributed by atoms with Gasteiger partial charge >= 0.3 is 6.36 Å². The highest BCUT2D eigenvalue weighted by Crippen LogP contribution is 2.35. The maximum Gasteiger partial charge on any atom is 0.573 e. The molecule has 1 amide bonds. The molecule has 2 aromatic carbocycles. The summed E-state index contributed by atoms with van der Waals surface area (Å²) in [5.41, 5.74) is 1.000. The molecule has 0 spiro atoms. The van der Waals surface area contributed by atoms with Crippen LogP contribution in [0.15, 0.2) is 42.7 Å². The summed E-state index contributed by atoms with van der Waals surface area (Å²) < 4.78 is 51.5. The second-order valence-electron chi connectivity index (χ2n) is 7.27. The first-order valence-electron chi connectivity index (χ1n) is 10.1. The van der Waals surface area contributed by atoms with Gasteiger partial charge in [-0.2, -0.15) is 0 Å². The highest BCUT2D eigenvalue weighted by molar-refractivity contribution is 5.95. The number of anilines is 1. The molecule has 174 valence electrons. The van der Waals surface area contributed by atoms with E-state index in [2.05, 4.69) is 19.6 Å². The fourth-order valence-corrected chi connectivity index (χ4v) is 3.72. The van der Waals surface area contributed by atoms with Crippen LogP contribution in [0.2, 0.25) is 0 Å². The predicted octanol–water partition coefficient (Wildman–Crippen LogP) is 3.51. The number of methoxy groups -OCH3 is 2. The molecule has 3 aromatic rings. The lowest BCUT2D eigenvalue weighted by molar-refractivity contribution is -0.274. The fourth-order valence-electron chi connectivity index (χ4n) is 3.72. The first kappa shape index (κ1) is 22.4. The minimum atomic E-state index is -4.78. The number of hydrogen-bond acceptors (Lipinski definition) is 7. The van der Waals surface area contributed by atoms with Crippen molar-refractivity contribution in [1.29, 1.82) is 0 Å². The lowest BCUT2D eigenvalue weighted by Gasteiger charge is -2.35. The molecule has 33 heavy (non-hydrogen) atoms. The van der Waals surface area contributed by atoms with E-state index in [9.17, 15) is 18.0 Å². The highest BCUT2D eigenvalue weighted by atomic mass is 19.4. The molecule has 1 aliphatic rings. The maximum atomic E-state index is 12.8. The summed E-state index contributed by atoms with van der Waals surface area (Å²) in [7, 11) is 3.11. The van der Waals surface area contributed by atoms with Gasteiger partial charge in [-0.15, -0.1) is 13.2 Å². The van der Waals surface area contributed by atoms with Crippen molar-refractivity contribution in [2.75, 3.05) is 45.3 Å². The van der Waals surface area contributed by atoms with Crippen LogP contribution in [0.3, 0.4) is 0 Å². The molecular formula is C22H21F3N4O4.